The van der Waals surface area contributed by atoms with Crippen LogP contribution < -0.4 is 16.4 Å². The molecule has 4 N–H and O–H groups in total. The number of nitrogens with one attached hydrogen (secondary N) is 2. The van der Waals surface area contributed by atoms with Crippen molar-refractivity contribution >= 4 is 23.2 Å². The van der Waals surface area contributed by atoms with E-state index in [4.69, 9.17) is 5.73 Å². The van der Waals surface area contributed by atoms with Crippen molar-refractivity contribution in [2.45, 2.75) is 13.0 Å². The molecule has 0 bridgehead atoms. The number of piperazine rings is 1. The Bertz CT molecular complexity index is 472. The molecular weight excluding hydrogens is 244 g/mol. The van der Waals surface area contributed by atoms with Crippen LogP contribution >= 0.6 is 0 Å². The van der Waals surface area contributed by atoms with E-state index in [0.29, 0.717) is 24.5 Å². The average Bonchev–Trinajstić information content (AvgIpc) is 2.40. The Morgan fingerprint density at radius 2 is 2.11 bits per heavy atom. The third-order valence-corrected chi connectivity index (χ3v) is 3.17. The largest absolute Gasteiger partial charge is 0.399 e. The monoisotopic (exact) mass is 262 g/mol. The summed E-state index contributed by atoms with van der Waals surface area (Å²) in [5.41, 5.74) is 6.94. The molecule has 1 unspecified atom stereocenters. The molecule has 6 nitrogen and oxygen atoms in total. The van der Waals surface area contributed by atoms with Crippen molar-refractivity contribution in [3.05, 3.63) is 24.3 Å². The molecule has 0 aliphatic carbocycles. The van der Waals surface area contributed by atoms with Crippen molar-refractivity contribution in [1.29, 1.82) is 0 Å². The first-order valence-corrected chi connectivity index (χ1v) is 6.23. The molecule has 6 heteroatoms. The molecule has 1 aliphatic heterocycles. The number of hydrogen-bond acceptors (Lipinski definition) is 4. The number of benzene rings is 1. The molecule has 2 rings (SSSR count). The number of nitrogens with zero attached hydrogens (tertiary/aromatic N) is 1. The molecule has 19 heavy (non-hydrogen) atoms. The summed E-state index contributed by atoms with van der Waals surface area (Å²) >= 11 is 0. The number of nitrogens with two attached hydrogens (primary N) is 1. The molecule has 1 aliphatic rings. The maximum absolute atomic E-state index is 12.1. The normalized spacial score (nSPS) is 17.6. The average molecular weight is 262 g/mol. The number of nitrogen functional groups attached to an aromatic ring is 1. The zero-order chi connectivity index (χ0) is 13.8. The summed E-state index contributed by atoms with van der Waals surface area (Å²) < 4.78 is 0. The van der Waals surface area contributed by atoms with Crippen molar-refractivity contribution in [2.24, 2.45) is 0 Å². The lowest BCUT2D eigenvalue weighted by atomic mass is 10.2. The molecule has 1 atom stereocenters. The van der Waals surface area contributed by atoms with Crippen molar-refractivity contribution in [3.8, 4) is 0 Å². The van der Waals surface area contributed by atoms with Gasteiger partial charge < -0.3 is 16.4 Å². The molecule has 1 fully saturated rings. The zero-order valence-electron chi connectivity index (χ0n) is 10.8. The van der Waals surface area contributed by atoms with E-state index in [1.807, 2.05) is 4.90 Å². The number of hydrogen-bond donors (Lipinski definition) is 3. The van der Waals surface area contributed by atoms with Crippen LogP contribution in [0, 0.1) is 0 Å². The van der Waals surface area contributed by atoms with Crippen LogP contribution in [0.25, 0.3) is 0 Å². The van der Waals surface area contributed by atoms with Gasteiger partial charge in [0, 0.05) is 24.5 Å². The number of carbonyl (C=O) groups excluding carboxylic acids is 2. The first kappa shape index (κ1) is 13.4. The van der Waals surface area contributed by atoms with E-state index in [-0.39, 0.29) is 24.4 Å². The lowest BCUT2D eigenvalue weighted by Crippen LogP contribution is -2.53. The van der Waals surface area contributed by atoms with Crippen LogP contribution in [0.2, 0.25) is 0 Å². The van der Waals surface area contributed by atoms with Crippen LogP contribution in [0.1, 0.15) is 6.92 Å². The van der Waals surface area contributed by atoms with Gasteiger partial charge in [-0.1, -0.05) is 0 Å². The van der Waals surface area contributed by atoms with Crippen molar-refractivity contribution in [3.63, 3.8) is 0 Å². The molecular formula is C13H18N4O2. The predicted octanol–water partition coefficient (Wildman–Crippen LogP) is 0.0276. The van der Waals surface area contributed by atoms with Gasteiger partial charge in [0.25, 0.3) is 0 Å². The molecule has 2 amide bonds. The Labute approximate surface area is 112 Å². The molecule has 1 aromatic carbocycles. The second-order valence-corrected chi connectivity index (χ2v) is 4.61. The van der Waals surface area contributed by atoms with Gasteiger partial charge in [-0.3, -0.25) is 14.5 Å². The lowest BCUT2D eigenvalue weighted by Gasteiger charge is -2.31. The van der Waals surface area contributed by atoms with Gasteiger partial charge in [-0.05, 0) is 31.2 Å². The molecule has 1 saturated heterocycles. The Morgan fingerprint density at radius 1 is 1.42 bits per heavy atom. The van der Waals surface area contributed by atoms with Crippen molar-refractivity contribution in [2.75, 3.05) is 30.7 Å². The molecule has 1 aromatic rings. The van der Waals surface area contributed by atoms with Crippen LogP contribution in [0.4, 0.5) is 11.4 Å². The van der Waals surface area contributed by atoms with E-state index < -0.39 is 0 Å². The lowest BCUT2D eigenvalue weighted by molar-refractivity contribution is -0.127. The second-order valence-electron chi connectivity index (χ2n) is 4.61. The maximum Gasteiger partial charge on any atom is 0.241 e. The molecule has 0 spiro atoms. The van der Waals surface area contributed by atoms with E-state index in [1.165, 1.54) is 0 Å². The van der Waals surface area contributed by atoms with Gasteiger partial charge >= 0.3 is 0 Å². The highest BCUT2D eigenvalue weighted by atomic mass is 16.2. The van der Waals surface area contributed by atoms with Gasteiger partial charge in [-0.25, -0.2) is 0 Å². The molecule has 0 radical (unpaired) electrons. The number of anilines is 2. The summed E-state index contributed by atoms with van der Waals surface area (Å²) in [7, 11) is 0. The smallest absolute Gasteiger partial charge is 0.241 e. The number of carbonyl (C=O) groups is 2. The Hall–Kier alpha value is -2.08. The SMILES string of the molecule is CC(C(=O)Nc1ccc(N)cc1)N1CCNC(=O)C1. The topological polar surface area (TPSA) is 87.5 Å². The van der Waals surface area contributed by atoms with Crippen LogP contribution in [0.15, 0.2) is 24.3 Å². The third kappa shape index (κ3) is 3.45. The molecule has 1 heterocycles. The van der Waals surface area contributed by atoms with E-state index in [0.717, 1.165) is 0 Å². The summed E-state index contributed by atoms with van der Waals surface area (Å²) in [5.74, 6) is -0.169. The first-order chi connectivity index (χ1) is 9.06. The molecule has 0 aromatic heterocycles. The van der Waals surface area contributed by atoms with Crippen LogP contribution in [-0.2, 0) is 9.59 Å². The summed E-state index contributed by atoms with van der Waals surface area (Å²) in [4.78, 5) is 25.2. The van der Waals surface area contributed by atoms with Crippen molar-refractivity contribution in [1.82, 2.24) is 10.2 Å². The highest BCUT2D eigenvalue weighted by Crippen LogP contribution is 2.12. The van der Waals surface area contributed by atoms with E-state index >= 15 is 0 Å². The number of rotatable bonds is 3. The quantitative estimate of drug-likeness (QED) is 0.671. The summed E-state index contributed by atoms with van der Waals surface area (Å²) in [6, 6.07) is 6.62. The van der Waals surface area contributed by atoms with Crippen LogP contribution in [-0.4, -0.2) is 42.4 Å². The zero-order valence-corrected chi connectivity index (χ0v) is 10.8. The van der Waals surface area contributed by atoms with Gasteiger partial charge in [-0.2, -0.15) is 0 Å². The van der Waals surface area contributed by atoms with Gasteiger partial charge in [0.05, 0.1) is 12.6 Å². The highest BCUT2D eigenvalue weighted by Gasteiger charge is 2.25. The highest BCUT2D eigenvalue weighted by molar-refractivity contribution is 5.95. The molecule has 102 valence electrons. The Morgan fingerprint density at radius 3 is 2.74 bits per heavy atom. The van der Waals surface area contributed by atoms with Crippen LogP contribution in [0.3, 0.4) is 0 Å². The fourth-order valence-corrected chi connectivity index (χ4v) is 1.97. The van der Waals surface area contributed by atoms with Crippen molar-refractivity contribution < 1.29 is 9.59 Å². The van der Waals surface area contributed by atoms with Gasteiger partial charge in [-0.15, -0.1) is 0 Å². The Balaban J connectivity index is 1.95. The summed E-state index contributed by atoms with van der Waals surface area (Å²) in [5, 5.41) is 5.55. The number of amides is 2. The Kier molecular flexibility index (Phi) is 4.01. The van der Waals surface area contributed by atoms with Gasteiger partial charge in [0.15, 0.2) is 0 Å². The molecule has 0 saturated carbocycles. The van der Waals surface area contributed by atoms with Crippen LogP contribution in [0.5, 0.6) is 0 Å². The third-order valence-electron chi connectivity index (χ3n) is 3.17. The maximum atomic E-state index is 12.1. The van der Waals surface area contributed by atoms with Gasteiger partial charge in [0.2, 0.25) is 11.8 Å². The predicted molar refractivity (Wildman–Crippen MR) is 73.5 cm³/mol. The standard InChI is InChI=1S/C13H18N4O2/c1-9(17-7-6-15-12(18)8-17)13(19)16-11-4-2-10(14)3-5-11/h2-5,9H,6-8,14H2,1H3,(H,15,18)(H,16,19). The van der Waals surface area contributed by atoms with Gasteiger partial charge in [0.1, 0.15) is 0 Å². The summed E-state index contributed by atoms with van der Waals surface area (Å²) in [6.07, 6.45) is 0. The fourth-order valence-electron chi connectivity index (χ4n) is 1.97. The minimum absolute atomic E-state index is 0.0432. The second kappa shape index (κ2) is 5.71. The minimum atomic E-state index is -0.344. The minimum Gasteiger partial charge on any atom is -0.399 e. The summed E-state index contributed by atoms with van der Waals surface area (Å²) in [6.45, 7) is 3.32. The van der Waals surface area contributed by atoms with E-state index in [2.05, 4.69) is 10.6 Å². The first-order valence-electron chi connectivity index (χ1n) is 6.23. The van der Waals surface area contributed by atoms with E-state index in [1.54, 1.807) is 31.2 Å². The van der Waals surface area contributed by atoms with E-state index in [9.17, 15) is 9.59 Å². The fraction of sp³-hybridized carbons (Fsp3) is 0.385.